The fourth-order valence-electron chi connectivity index (χ4n) is 7.80. The van der Waals surface area contributed by atoms with E-state index in [1.54, 1.807) is 28.4 Å². The Kier molecular flexibility index (Phi) is 8.04. The zero-order valence-corrected chi connectivity index (χ0v) is 30.5. The average Bonchev–Trinajstić information content (AvgIpc) is 3.25. The highest BCUT2D eigenvalue weighted by Crippen LogP contribution is 2.48. The lowest BCUT2D eigenvalue weighted by Crippen LogP contribution is -2.34. The fourth-order valence-corrected chi connectivity index (χ4v) is 7.80. The van der Waals surface area contributed by atoms with Gasteiger partial charge in [0.05, 0.1) is 28.4 Å². The molecule has 0 bridgehead atoms. The Morgan fingerprint density at radius 3 is 0.944 bits per heavy atom. The maximum atomic E-state index is 7.07. The molecule has 0 saturated heterocycles. The van der Waals surface area contributed by atoms with Crippen LogP contribution in [-0.4, -0.2) is 28.4 Å². The average molecular weight is 711 g/mol. The minimum Gasteiger partial charge on any atom is -0.497 e. The summed E-state index contributed by atoms with van der Waals surface area (Å²) >= 11 is 0. The van der Waals surface area contributed by atoms with Crippen LogP contribution >= 0.6 is 0 Å². The molecule has 0 unspecified atom stereocenters. The Labute approximate surface area is 314 Å². The molecule has 0 fully saturated rings. The van der Waals surface area contributed by atoms with Crippen molar-refractivity contribution in [1.82, 2.24) is 0 Å². The zero-order valence-electron chi connectivity index (χ0n) is 30.5. The van der Waals surface area contributed by atoms with E-state index in [2.05, 4.69) is 109 Å². The van der Waals surface area contributed by atoms with E-state index in [1.165, 1.54) is 0 Å². The van der Waals surface area contributed by atoms with E-state index in [0.717, 1.165) is 89.4 Å². The molecule has 2 heterocycles. The van der Waals surface area contributed by atoms with E-state index in [0.29, 0.717) is 0 Å². The third-order valence-corrected chi connectivity index (χ3v) is 10.7. The maximum Gasteiger partial charge on any atom is 0.178 e. The van der Waals surface area contributed by atoms with Crippen LogP contribution in [-0.2, 0) is 11.2 Å². The second-order valence-corrected chi connectivity index (χ2v) is 13.5. The van der Waals surface area contributed by atoms with Gasteiger partial charge in [0.25, 0.3) is 0 Å². The summed E-state index contributed by atoms with van der Waals surface area (Å²) in [5.41, 5.74) is 4.35. The summed E-state index contributed by atoms with van der Waals surface area (Å²) in [5.74, 6) is 4.77. The molecule has 7 aromatic carbocycles. The van der Waals surface area contributed by atoms with Crippen LogP contribution in [0.5, 0.6) is 34.5 Å². The topological polar surface area (TPSA) is 55.4 Å². The predicted octanol–water partition coefficient (Wildman–Crippen LogP) is 10.7. The van der Waals surface area contributed by atoms with Gasteiger partial charge in [-0.25, -0.2) is 0 Å². The largest absolute Gasteiger partial charge is 0.497 e. The number of methoxy groups -OCH3 is 4. The molecule has 0 aliphatic carbocycles. The molecule has 6 heteroatoms. The van der Waals surface area contributed by atoms with Crippen LogP contribution in [0.1, 0.15) is 33.4 Å². The van der Waals surface area contributed by atoms with Crippen LogP contribution in [0.4, 0.5) is 0 Å². The van der Waals surface area contributed by atoms with Crippen molar-refractivity contribution in [3.05, 3.63) is 179 Å². The normalized spacial score (nSPS) is 14.7. The molecule has 0 radical (unpaired) electrons. The summed E-state index contributed by atoms with van der Waals surface area (Å²) in [6, 6.07) is 45.2. The van der Waals surface area contributed by atoms with Crippen LogP contribution in [0.15, 0.2) is 146 Å². The lowest BCUT2D eigenvalue weighted by Gasteiger charge is -2.37. The van der Waals surface area contributed by atoms with E-state index >= 15 is 0 Å². The lowest BCUT2D eigenvalue weighted by molar-refractivity contribution is 0.161. The van der Waals surface area contributed by atoms with Gasteiger partial charge in [0.15, 0.2) is 11.2 Å². The van der Waals surface area contributed by atoms with Gasteiger partial charge >= 0.3 is 0 Å². The molecule has 6 nitrogen and oxygen atoms in total. The van der Waals surface area contributed by atoms with Crippen molar-refractivity contribution < 1.29 is 28.4 Å². The van der Waals surface area contributed by atoms with Gasteiger partial charge in [-0.15, -0.1) is 0 Å². The maximum absolute atomic E-state index is 7.07. The molecule has 7 aromatic rings. The lowest BCUT2D eigenvalue weighted by atomic mass is 9.82. The first-order valence-corrected chi connectivity index (χ1v) is 17.8. The summed E-state index contributed by atoms with van der Waals surface area (Å²) in [6.45, 7) is 0. The van der Waals surface area contributed by atoms with Gasteiger partial charge in [-0.1, -0.05) is 60.7 Å². The molecule has 0 spiro atoms. The van der Waals surface area contributed by atoms with Crippen molar-refractivity contribution in [2.45, 2.75) is 11.2 Å². The molecule has 2 aliphatic rings. The minimum absolute atomic E-state index is 0.788. The Morgan fingerprint density at radius 1 is 0.370 bits per heavy atom. The Morgan fingerprint density at radius 2 is 0.667 bits per heavy atom. The van der Waals surface area contributed by atoms with Crippen molar-refractivity contribution in [2.24, 2.45) is 0 Å². The minimum atomic E-state index is -0.850. The van der Waals surface area contributed by atoms with Crippen molar-refractivity contribution in [3.63, 3.8) is 0 Å². The van der Waals surface area contributed by atoms with Gasteiger partial charge in [-0.2, -0.15) is 0 Å². The van der Waals surface area contributed by atoms with Crippen LogP contribution < -0.4 is 28.4 Å². The molecule has 0 atom stereocenters. The summed E-state index contributed by atoms with van der Waals surface area (Å²) in [4.78, 5) is 0. The quantitative estimate of drug-likeness (QED) is 0.146. The molecule has 0 saturated carbocycles. The third-order valence-electron chi connectivity index (χ3n) is 10.7. The first kappa shape index (κ1) is 33.2. The highest BCUT2D eigenvalue weighted by atomic mass is 16.5. The van der Waals surface area contributed by atoms with Gasteiger partial charge in [0.1, 0.15) is 34.5 Å². The Bertz CT molecular complexity index is 2290. The summed E-state index contributed by atoms with van der Waals surface area (Å²) in [5, 5.41) is 4.45. The van der Waals surface area contributed by atoms with E-state index in [9.17, 15) is 0 Å². The molecule has 266 valence electrons. The fraction of sp³-hybridized carbons (Fsp3) is 0.125. The number of fused-ring (bicyclic) bond motifs is 6. The second kappa shape index (κ2) is 13.1. The number of ether oxygens (including phenoxy) is 6. The van der Waals surface area contributed by atoms with E-state index in [-0.39, 0.29) is 0 Å². The van der Waals surface area contributed by atoms with E-state index < -0.39 is 11.2 Å². The number of benzene rings is 7. The molecule has 54 heavy (non-hydrogen) atoms. The molecule has 0 N–H and O–H groups in total. The second-order valence-electron chi connectivity index (χ2n) is 13.5. The highest BCUT2D eigenvalue weighted by Gasteiger charge is 2.39. The van der Waals surface area contributed by atoms with E-state index in [4.69, 9.17) is 28.4 Å². The third kappa shape index (κ3) is 5.33. The van der Waals surface area contributed by atoms with E-state index in [1.807, 2.05) is 48.5 Å². The summed E-state index contributed by atoms with van der Waals surface area (Å²) < 4.78 is 36.0. The summed E-state index contributed by atoms with van der Waals surface area (Å²) in [7, 11) is 6.70. The number of hydrogen-bond donors (Lipinski definition) is 0. The van der Waals surface area contributed by atoms with Crippen LogP contribution in [0.3, 0.4) is 0 Å². The smallest absolute Gasteiger partial charge is 0.178 e. The molecular weight excluding hydrogens is 673 g/mol. The van der Waals surface area contributed by atoms with Crippen LogP contribution in [0, 0.1) is 0 Å². The van der Waals surface area contributed by atoms with Crippen LogP contribution in [0.2, 0.25) is 0 Å². The highest BCUT2D eigenvalue weighted by molar-refractivity contribution is 6.06. The van der Waals surface area contributed by atoms with Crippen molar-refractivity contribution >= 4 is 33.7 Å². The predicted molar refractivity (Wildman–Crippen MR) is 214 cm³/mol. The molecule has 2 aliphatic heterocycles. The first-order chi connectivity index (χ1) is 26.5. The Hall–Kier alpha value is -6.66. The molecule has 9 rings (SSSR count). The van der Waals surface area contributed by atoms with Crippen molar-refractivity contribution in [3.8, 4) is 34.5 Å². The number of hydrogen-bond acceptors (Lipinski definition) is 6. The van der Waals surface area contributed by atoms with Gasteiger partial charge in [-0.05, 0) is 119 Å². The van der Waals surface area contributed by atoms with Crippen molar-refractivity contribution in [1.29, 1.82) is 0 Å². The van der Waals surface area contributed by atoms with Gasteiger partial charge in [0, 0.05) is 33.4 Å². The summed E-state index contributed by atoms with van der Waals surface area (Å²) in [6.07, 6.45) is 8.70. The number of rotatable bonds is 8. The standard InChI is InChI=1S/C48H38O6/c1-49-37-15-7-33(8-16-37)47(34-9-17-38(50-2)18-10-34)27-25-41-43-29-32-6-24-46-42(44(32)30-31(43)5-23-45(41)53-47)26-28-48(54-46,35-11-19-39(51-3)20-12-35)36-13-21-40(52-4)22-14-36/h5-30H,1-4H3. The van der Waals surface area contributed by atoms with Gasteiger partial charge < -0.3 is 28.4 Å². The molecule has 0 amide bonds. The van der Waals surface area contributed by atoms with Gasteiger partial charge in [-0.3, -0.25) is 0 Å². The monoisotopic (exact) mass is 710 g/mol. The van der Waals surface area contributed by atoms with Crippen molar-refractivity contribution in [2.75, 3.05) is 28.4 Å². The van der Waals surface area contributed by atoms with Crippen LogP contribution in [0.25, 0.3) is 33.7 Å². The molecule has 0 aromatic heterocycles. The Balaban J connectivity index is 1.14. The van der Waals surface area contributed by atoms with Gasteiger partial charge in [0.2, 0.25) is 0 Å². The SMILES string of the molecule is COc1ccc(C2(c3ccc(OC)cc3)C=Cc3c(ccc4cc5c6c(ccc5cc34)OC(c3ccc(OC)cc3)(c3ccc(OC)cc3)C=C6)O2)cc1. The molecular formula is C48H38O6. The zero-order chi connectivity index (χ0) is 36.9. The first-order valence-electron chi connectivity index (χ1n) is 17.8.